The van der Waals surface area contributed by atoms with E-state index in [2.05, 4.69) is 15.3 Å². The average Bonchev–Trinajstić information content (AvgIpc) is 3.13. The maximum Gasteiger partial charge on any atom is 0.253 e. The number of carbonyl (C=O) groups excluding carboxylic acids is 1. The SMILES string of the molecule is O=C(Nc1ccc(-c2ncc[nH]2)cc1)C1CCCO1. The number of anilines is 1. The van der Waals surface area contributed by atoms with Crippen LogP contribution in [0.3, 0.4) is 0 Å². The van der Waals surface area contributed by atoms with Crippen molar-refractivity contribution in [2.45, 2.75) is 18.9 Å². The van der Waals surface area contributed by atoms with Gasteiger partial charge in [-0.15, -0.1) is 0 Å². The molecule has 1 saturated heterocycles. The third kappa shape index (κ3) is 2.66. The maximum atomic E-state index is 11.9. The van der Waals surface area contributed by atoms with Crippen molar-refractivity contribution in [3.8, 4) is 11.4 Å². The first kappa shape index (κ1) is 11.9. The van der Waals surface area contributed by atoms with Crippen molar-refractivity contribution in [3.63, 3.8) is 0 Å². The van der Waals surface area contributed by atoms with Crippen LogP contribution in [0.4, 0.5) is 5.69 Å². The zero-order valence-electron chi connectivity index (χ0n) is 10.4. The summed E-state index contributed by atoms with van der Waals surface area (Å²) in [5.41, 5.74) is 1.76. The largest absolute Gasteiger partial charge is 0.368 e. The molecule has 5 nitrogen and oxygen atoms in total. The Morgan fingerprint density at radius 2 is 2.21 bits per heavy atom. The zero-order valence-corrected chi connectivity index (χ0v) is 10.4. The number of hydrogen-bond acceptors (Lipinski definition) is 3. The lowest BCUT2D eigenvalue weighted by atomic mass is 10.2. The van der Waals surface area contributed by atoms with Gasteiger partial charge in [-0.3, -0.25) is 4.79 Å². The van der Waals surface area contributed by atoms with Crippen LogP contribution >= 0.6 is 0 Å². The minimum Gasteiger partial charge on any atom is -0.368 e. The van der Waals surface area contributed by atoms with Crippen LogP contribution in [-0.4, -0.2) is 28.6 Å². The molecule has 1 aromatic heterocycles. The van der Waals surface area contributed by atoms with Crippen molar-refractivity contribution >= 4 is 11.6 Å². The summed E-state index contributed by atoms with van der Waals surface area (Å²) in [6.45, 7) is 0.676. The van der Waals surface area contributed by atoms with Crippen molar-refractivity contribution < 1.29 is 9.53 Å². The Kier molecular flexibility index (Phi) is 3.29. The van der Waals surface area contributed by atoms with Crippen molar-refractivity contribution in [2.24, 2.45) is 0 Å². The quantitative estimate of drug-likeness (QED) is 0.885. The summed E-state index contributed by atoms with van der Waals surface area (Å²) in [6.07, 6.45) is 4.95. The molecule has 2 aromatic rings. The van der Waals surface area contributed by atoms with E-state index in [0.717, 1.165) is 29.9 Å². The first-order chi connectivity index (χ1) is 9.33. The molecule has 1 aromatic carbocycles. The summed E-state index contributed by atoms with van der Waals surface area (Å²) >= 11 is 0. The molecule has 19 heavy (non-hydrogen) atoms. The minimum atomic E-state index is -0.301. The van der Waals surface area contributed by atoms with Crippen LogP contribution in [0.5, 0.6) is 0 Å². The Bertz CT molecular complexity index is 543. The van der Waals surface area contributed by atoms with Crippen molar-refractivity contribution in [3.05, 3.63) is 36.7 Å². The molecule has 5 heteroatoms. The summed E-state index contributed by atoms with van der Waals surface area (Å²) in [4.78, 5) is 19.1. The molecule has 0 radical (unpaired) electrons. The molecule has 3 rings (SSSR count). The monoisotopic (exact) mass is 257 g/mol. The second kappa shape index (κ2) is 5.24. The molecule has 98 valence electrons. The molecule has 1 fully saturated rings. The summed E-state index contributed by atoms with van der Waals surface area (Å²) in [5.74, 6) is 0.750. The average molecular weight is 257 g/mol. The van der Waals surface area contributed by atoms with Gasteiger partial charge in [0, 0.05) is 30.3 Å². The van der Waals surface area contributed by atoms with Crippen molar-refractivity contribution in [2.75, 3.05) is 11.9 Å². The summed E-state index contributed by atoms with van der Waals surface area (Å²) < 4.78 is 5.34. The molecular weight excluding hydrogens is 242 g/mol. The highest BCUT2D eigenvalue weighted by atomic mass is 16.5. The normalized spacial score (nSPS) is 18.4. The van der Waals surface area contributed by atoms with Gasteiger partial charge in [-0.25, -0.2) is 4.98 Å². The number of benzene rings is 1. The van der Waals surface area contributed by atoms with E-state index in [1.165, 1.54) is 0 Å². The first-order valence-electron chi connectivity index (χ1n) is 6.35. The van der Waals surface area contributed by atoms with Gasteiger partial charge in [0.1, 0.15) is 11.9 Å². The highest BCUT2D eigenvalue weighted by Gasteiger charge is 2.23. The molecule has 1 atom stereocenters. The van der Waals surface area contributed by atoms with E-state index in [1.807, 2.05) is 24.3 Å². The molecule has 1 unspecified atom stereocenters. The second-order valence-electron chi connectivity index (χ2n) is 4.51. The van der Waals surface area contributed by atoms with E-state index in [9.17, 15) is 4.79 Å². The fourth-order valence-corrected chi connectivity index (χ4v) is 2.14. The van der Waals surface area contributed by atoms with Crippen LogP contribution in [0.15, 0.2) is 36.7 Å². The number of rotatable bonds is 3. The van der Waals surface area contributed by atoms with E-state index >= 15 is 0 Å². The number of imidazole rings is 1. The van der Waals surface area contributed by atoms with Crippen molar-refractivity contribution in [1.82, 2.24) is 9.97 Å². The van der Waals surface area contributed by atoms with Crippen LogP contribution in [0, 0.1) is 0 Å². The fraction of sp³-hybridized carbons (Fsp3) is 0.286. The summed E-state index contributed by atoms with van der Waals surface area (Å²) in [6, 6.07) is 7.57. The van der Waals surface area contributed by atoms with Gasteiger partial charge in [0.2, 0.25) is 0 Å². The third-order valence-electron chi connectivity index (χ3n) is 3.15. The lowest BCUT2D eigenvalue weighted by Gasteiger charge is -2.10. The molecule has 0 saturated carbocycles. The minimum absolute atomic E-state index is 0.0664. The summed E-state index contributed by atoms with van der Waals surface area (Å²) in [7, 11) is 0. The van der Waals surface area contributed by atoms with E-state index in [1.54, 1.807) is 12.4 Å². The van der Waals surface area contributed by atoms with Crippen LogP contribution in [0.2, 0.25) is 0 Å². The molecule has 2 N–H and O–H groups in total. The van der Waals surface area contributed by atoms with Gasteiger partial charge in [-0.1, -0.05) is 0 Å². The Morgan fingerprint density at radius 3 is 2.84 bits per heavy atom. The highest BCUT2D eigenvalue weighted by Crippen LogP contribution is 2.19. The molecule has 0 bridgehead atoms. The number of aromatic amines is 1. The predicted molar refractivity (Wildman–Crippen MR) is 71.6 cm³/mol. The number of nitrogens with one attached hydrogen (secondary N) is 2. The lowest BCUT2D eigenvalue weighted by molar-refractivity contribution is -0.124. The van der Waals surface area contributed by atoms with Crippen LogP contribution < -0.4 is 5.32 Å². The molecule has 0 aliphatic carbocycles. The number of nitrogens with zero attached hydrogens (tertiary/aromatic N) is 1. The molecule has 0 spiro atoms. The Hall–Kier alpha value is -2.14. The number of ether oxygens (including phenoxy) is 1. The van der Waals surface area contributed by atoms with E-state index < -0.39 is 0 Å². The van der Waals surface area contributed by atoms with E-state index in [0.29, 0.717) is 6.61 Å². The molecule has 1 aliphatic heterocycles. The van der Waals surface area contributed by atoms with E-state index in [-0.39, 0.29) is 12.0 Å². The zero-order chi connectivity index (χ0) is 13.1. The maximum absolute atomic E-state index is 11.9. The van der Waals surface area contributed by atoms with Crippen LogP contribution in [-0.2, 0) is 9.53 Å². The molecule has 1 amide bonds. The Labute approximate surface area is 111 Å². The first-order valence-corrected chi connectivity index (χ1v) is 6.35. The highest BCUT2D eigenvalue weighted by molar-refractivity contribution is 5.94. The van der Waals surface area contributed by atoms with Gasteiger partial charge in [-0.2, -0.15) is 0 Å². The number of carbonyl (C=O) groups is 1. The van der Waals surface area contributed by atoms with Gasteiger partial charge < -0.3 is 15.0 Å². The van der Waals surface area contributed by atoms with Gasteiger partial charge in [-0.05, 0) is 37.1 Å². The predicted octanol–water partition coefficient (Wildman–Crippen LogP) is 2.19. The third-order valence-corrected chi connectivity index (χ3v) is 3.15. The van der Waals surface area contributed by atoms with Gasteiger partial charge in [0.25, 0.3) is 5.91 Å². The van der Waals surface area contributed by atoms with Gasteiger partial charge >= 0.3 is 0 Å². The molecular formula is C14H15N3O2. The lowest BCUT2D eigenvalue weighted by Crippen LogP contribution is -2.26. The Morgan fingerprint density at radius 1 is 1.37 bits per heavy atom. The smallest absolute Gasteiger partial charge is 0.253 e. The van der Waals surface area contributed by atoms with Crippen molar-refractivity contribution in [1.29, 1.82) is 0 Å². The number of aromatic nitrogens is 2. The topological polar surface area (TPSA) is 67.0 Å². The number of hydrogen-bond donors (Lipinski definition) is 2. The van der Waals surface area contributed by atoms with Crippen LogP contribution in [0.25, 0.3) is 11.4 Å². The summed E-state index contributed by atoms with van der Waals surface area (Å²) in [5, 5.41) is 2.86. The van der Waals surface area contributed by atoms with Gasteiger partial charge in [0.05, 0.1) is 0 Å². The molecule has 2 heterocycles. The van der Waals surface area contributed by atoms with E-state index in [4.69, 9.17) is 4.74 Å². The number of H-pyrrole nitrogens is 1. The molecule has 1 aliphatic rings. The number of amides is 1. The van der Waals surface area contributed by atoms with Crippen LogP contribution in [0.1, 0.15) is 12.8 Å². The van der Waals surface area contributed by atoms with Gasteiger partial charge in [0.15, 0.2) is 0 Å². The standard InChI is InChI=1S/C14H15N3O2/c18-14(12-2-1-9-19-12)17-11-5-3-10(4-6-11)13-15-7-8-16-13/h3-8,12H,1-2,9H2,(H,15,16)(H,17,18). The fourth-order valence-electron chi connectivity index (χ4n) is 2.14. The second-order valence-corrected chi connectivity index (χ2v) is 4.51. The Balaban J connectivity index is 1.67.